The summed E-state index contributed by atoms with van der Waals surface area (Å²) in [7, 11) is -1.56. The molecule has 1 atom stereocenters. The summed E-state index contributed by atoms with van der Waals surface area (Å²) in [6.07, 6.45) is 11.3. The summed E-state index contributed by atoms with van der Waals surface area (Å²) in [6, 6.07) is 5.48. The van der Waals surface area contributed by atoms with Crippen molar-refractivity contribution in [1.29, 1.82) is 0 Å². The zero-order chi connectivity index (χ0) is 20.8. The highest BCUT2D eigenvalue weighted by molar-refractivity contribution is 6.90. The van der Waals surface area contributed by atoms with E-state index in [0.717, 1.165) is 41.9 Å². The normalized spacial score (nSPS) is 12.9. The smallest absolute Gasteiger partial charge is 0.220 e. The van der Waals surface area contributed by atoms with Crippen molar-refractivity contribution < 1.29 is 14.3 Å². The molecule has 0 fully saturated rings. The van der Waals surface area contributed by atoms with Crippen LogP contribution in [0, 0.1) is 0 Å². The number of hydrogen-bond acceptors (Lipinski definition) is 3. The van der Waals surface area contributed by atoms with Crippen LogP contribution in [0.2, 0.25) is 18.1 Å². The first kappa shape index (κ1) is 25.0. The molecule has 0 aliphatic rings. The molecule has 1 unspecified atom stereocenters. The highest BCUT2D eigenvalue weighted by atomic mass is 28.3. The van der Waals surface area contributed by atoms with Crippen molar-refractivity contribution in [1.82, 2.24) is 5.32 Å². The molecule has 1 heterocycles. The lowest BCUT2D eigenvalue weighted by molar-refractivity contribution is -0.121. The first-order chi connectivity index (χ1) is 13.5. The monoisotopic (exact) mass is 409 g/mol. The van der Waals surface area contributed by atoms with Gasteiger partial charge in [-0.2, -0.15) is 0 Å². The van der Waals surface area contributed by atoms with Crippen LogP contribution in [0.4, 0.5) is 0 Å². The van der Waals surface area contributed by atoms with Crippen molar-refractivity contribution >= 4 is 19.4 Å². The Bertz CT molecular complexity index is 531. The van der Waals surface area contributed by atoms with Gasteiger partial charge in [-0.05, 0) is 12.5 Å². The predicted molar refractivity (Wildman–Crippen MR) is 121 cm³/mol. The molecule has 0 spiro atoms. The number of carbonyl (C=O) groups excluding carboxylic acids is 1. The number of unbranched alkanes of at least 4 members (excludes halogenated alkanes) is 7. The minimum atomic E-state index is -1.56. The summed E-state index contributed by atoms with van der Waals surface area (Å²) in [5, 5.41) is 14.4. The number of hydrogen-bond donors (Lipinski definition) is 2. The molecular weight excluding hydrogens is 366 g/mol. The van der Waals surface area contributed by atoms with Crippen molar-refractivity contribution in [3.63, 3.8) is 0 Å². The Hall–Kier alpha value is -1.07. The van der Waals surface area contributed by atoms with Crippen molar-refractivity contribution in [3.8, 4) is 0 Å². The summed E-state index contributed by atoms with van der Waals surface area (Å²) >= 11 is 0. The first-order valence-corrected chi connectivity index (χ1v) is 14.2. The molecule has 0 aliphatic heterocycles. The fourth-order valence-corrected chi connectivity index (χ4v) is 7.24. The maximum atomic E-state index is 12.0. The molecule has 5 heteroatoms. The third kappa shape index (κ3) is 8.12. The van der Waals surface area contributed by atoms with Crippen LogP contribution in [-0.2, 0) is 4.79 Å². The Morgan fingerprint density at radius 2 is 1.57 bits per heavy atom. The largest absolute Gasteiger partial charge is 0.474 e. The molecule has 0 aliphatic carbocycles. The zero-order valence-corrected chi connectivity index (χ0v) is 19.7. The van der Waals surface area contributed by atoms with Gasteiger partial charge in [0.05, 0.1) is 17.8 Å². The van der Waals surface area contributed by atoms with Gasteiger partial charge >= 0.3 is 0 Å². The molecule has 0 bridgehead atoms. The van der Waals surface area contributed by atoms with Gasteiger partial charge in [-0.1, -0.05) is 90.8 Å². The van der Waals surface area contributed by atoms with Crippen LogP contribution < -0.4 is 10.7 Å². The maximum absolute atomic E-state index is 12.0. The highest BCUT2D eigenvalue weighted by Gasteiger charge is 2.33. The molecule has 0 saturated heterocycles. The van der Waals surface area contributed by atoms with E-state index in [1.807, 2.05) is 6.07 Å². The molecule has 1 aromatic heterocycles. The Labute approximate surface area is 173 Å². The van der Waals surface area contributed by atoms with E-state index in [2.05, 4.69) is 33.0 Å². The van der Waals surface area contributed by atoms with Gasteiger partial charge < -0.3 is 14.8 Å². The van der Waals surface area contributed by atoms with Gasteiger partial charge in [0.2, 0.25) is 5.91 Å². The summed E-state index contributed by atoms with van der Waals surface area (Å²) in [5.74, 6) is 0.0353. The first-order valence-electron chi connectivity index (χ1n) is 11.6. The van der Waals surface area contributed by atoms with Crippen LogP contribution in [-0.4, -0.2) is 25.6 Å². The fourth-order valence-electron chi connectivity index (χ4n) is 3.91. The van der Waals surface area contributed by atoms with Gasteiger partial charge in [0, 0.05) is 18.5 Å². The summed E-state index contributed by atoms with van der Waals surface area (Å²) in [5.41, 5.74) is 0.787. The minimum Gasteiger partial charge on any atom is -0.474 e. The Kier molecular flexibility index (Phi) is 12.5. The Morgan fingerprint density at radius 3 is 2.14 bits per heavy atom. The van der Waals surface area contributed by atoms with Gasteiger partial charge in [0.15, 0.2) is 0 Å². The average Bonchev–Trinajstić information content (AvgIpc) is 3.21. The number of rotatable bonds is 16. The fraction of sp³-hybridized carbons (Fsp3) is 0.783. The van der Waals surface area contributed by atoms with Crippen molar-refractivity contribution in [3.05, 3.63) is 17.9 Å². The summed E-state index contributed by atoms with van der Waals surface area (Å²) in [6.45, 7) is 9.21. The third-order valence-corrected chi connectivity index (χ3v) is 11.7. The SMILES string of the molecule is CCCCCCCCCCC(=O)NCC(O)c1coc([Si](CC)(CC)CC)c1. The van der Waals surface area contributed by atoms with E-state index in [4.69, 9.17) is 4.42 Å². The van der Waals surface area contributed by atoms with Crippen LogP contribution >= 0.6 is 0 Å². The number of aliphatic hydroxyl groups excluding tert-OH is 1. The predicted octanol–water partition coefficient (Wildman–Crippen LogP) is 5.68. The van der Waals surface area contributed by atoms with Crippen LogP contribution in [0.1, 0.15) is 97.1 Å². The second-order valence-corrected chi connectivity index (χ2v) is 13.3. The van der Waals surface area contributed by atoms with E-state index in [9.17, 15) is 9.90 Å². The van der Waals surface area contributed by atoms with Gasteiger partial charge in [0.1, 0.15) is 8.07 Å². The lowest BCUT2D eigenvalue weighted by atomic mass is 10.1. The third-order valence-electron chi connectivity index (χ3n) is 6.31. The van der Waals surface area contributed by atoms with Gasteiger partial charge in [0.25, 0.3) is 0 Å². The number of nitrogens with one attached hydrogen (secondary N) is 1. The minimum absolute atomic E-state index is 0.0353. The van der Waals surface area contributed by atoms with Crippen molar-refractivity contribution in [2.45, 2.75) is 110 Å². The van der Waals surface area contributed by atoms with Crippen LogP contribution in [0.5, 0.6) is 0 Å². The second kappa shape index (κ2) is 14.0. The highest BCUT2D eigenvalue weighted by Crippen LogP contribution is 2.23. The molecule has 28 heavy (non-hydrogen) atoms. The molecule has 2 N–H and O–H groups in total. The Balaban J connectivity index is 2.29. The number of carbonyl (C=O) groups is 1. The molecule has 1 aromatic rings. The van der Waals surface area contributed by atoms with E-state index in [1.165, 1.54) is 38.5 Å². The van der Waals surface area contributed by atoms with Crippen LogP contribution in [0.25, 0.3) is 0 Å². The van der Waals surface area contributed by atoms with Crippen LogP contribution in [0.15, 0.2) is 16.7 Å². The Morgan fingerprint density at radius 1 is 1.00 bits per heavy atom. The van der Waals surface area contributed by atoms with Gasteiger partial charge in [-0.25, -0.2) is 0 Å². The topological polar surface area (TPSA) is 62.5 Å². The van der Waals surface area contributed by atoms with E-state index < -0.39 is 14.2 Å². The standard InChI is InChI=1S/C23H43NO3Si/c1-5-9-10-11-12-13-14-15-16-22(26)24-18-21(25)20-17-23(27-19-20)28(6-2,7-3)8-4/h17,19,21,25H,5-16,18H2,1-4H3,(H,24,26). The summed E-state index contributed by atoms with van der Waals surface area (Å²) < 4.78 is 5.85. The molecule has 0 aromatic carbocycles. The molecule has 0 radical (unpaired) electrons. The molecule has 162 valence electrons. The molecule has 0 saturated carbocycles. The van der Waals surface area contributed by atoms with Crippen LogP contribution in [0.3, 0.4) is 0 Å². The van der Waals surface area contributed by atoms with Gasteiger partial charge in [-0.15, -0.1) is 0 Å². The maximum Gasteiger partial charge on any atom is 0.220 e. The molecule has 1 rings (SSSR count). The zero-order valence-electron chi connectivity index (χ0n) is 18.7. The lowest BCUT2D eigenvalue weighted by Gasteiger charge is -2.24. The van der Waals surface area contributed by atoms with Crippen molar-refractivity contribution in [2.75, 3.05) is 6.54 Å². The number of furan rings is 1. The molecule has 1 amide bonds. The number of aliphatic hydroxyl groups is 1. The lowest BCUT2D eigenvalue weighted by Crippen LogP contribution is -2.44. The number of amides is 1. The van der Waals surface area contributed by atoms with Gasteiger partial charge in [-0.3, -0.25) is 4.79 Å². The van der Waals surface area contributed by atoms with E-state index >= 15 is 0 Å². The van der Waals surface area contributed by atoms with E-state index in [-0.39, 0.29) is 12.5 Å². The van der Waals surface area contributed by atoms with E-state index in [1.54, 1.807) is 6.26 Å². The summed E-state index contributed by atoms with van der Waals surface area (Å²) in [4.78, 5) is 12.0. The second-order valence-electron chi connectivity index (χ2n) is 8.13. The molecule has 4 nitrogen and oxygen atoms in total. The average molecular weight is 410 g/mol. The quantitative estimate of drug-likeness (QED) is 0.273. The molecular formula is C23H43NO3Si. The van der Waals surface area contributed by atoms with Crippen molar-refractivity contribution in [2.24, 2.45) is 0 Å². The van der Waals surface area contributed by atoms with E-state index in [0.29, 0.717) is 6.42 Å².